The zero-order chi connectivity index (χ0) is 17.4. The molecule has 2 heterocycles. The Kier molecular flexibility index (Phi) is 4.56. The maximum Gasteiger partial charge on any atom is 0.410 e. The first-order valence-corrected chi connectivity index (χ1v) is 8.84. The minimum absolute atomic E-state index is 0.203. The Labute approximate surface area is 144 Å². The summed E-state index contributed by atoms with van der Waals surface area (Å²) in [7, 11) is 0. The molecule has 132 valence electrons. The van der Waals surface area contributed by atoms with E-state index in [1.165, 1.54) is 0 Å². The fourth-order valence-corrected chi connectivity index (χ4v) is 3.93. The highest BCUT2D eigenvalue weighted by Crippen LogP contribution is 2.48. The van der Waals surface area contributed by atoms with Gasteiger partial charge >= 0.3 is 6.09 Å². The van der Waals surface area contributed by atoms with Gasteiger partial charge in [0, 0.05) is 30.9 Å². The lowest BCUT2D eigenvalue weighted by Gasteiger charge is -2.53. The lowest BCUT2D eigenvalue weighted by molar-refractivity contribution is -0.0638. The summed E-state index contributed by atoms with van der Waals surface area (Å²) in [6.45, 7) is 7.26. The second kappa shape index (κ2) is 6.36. The van der Waals surface area contributed by atoms with Gasteiger partial charge in [-0.25, -0.2) is 4.79 Å². The summed E-state index contributed by atoms with van der Waals surface area (Å²) in [5, 5.41) is 10.5. The van der Waals surface area contributed by atoms with E-state index in [9.17, 15) is 9.90 Å². The molecule has 24 heavy (non-hydrogen) atoms. The van der Waals surface area contributed by atoms with Crippen LogP contribution in [0.3, 0.4) is 0 Å². The van der Waals surface area contributed by atoms with E-state index < -0.39 is 11.7 Å². The van der Waals surface area contributed by atoms with Crippen molar-refractivity contribution in [2.45, 2.75) is 58.2 Å². The van der Waals surface area contributed by atoms with Crippen LogP contribution in [0, 0.1) is 11.3 Å². The number of hydrogen-bond acceptors (Lipinski definition) is 4. The van der Waals surface area contributed by atoms with Gasteiger partial charge < -0.3 is 14.7 Å². The number of likely N-dealkylation sites (tertiary alicyclic amines) is 1. The van der Waals surface area contributed by atoms with Gasteiger partial charge in [-0.3, -0.25) is 4.98 Å². The Morgan fingerprint density at radius 3 is 2.58 bits per heavy atom. The molecule has 1 saturated heterocycles. The Balaban J connectivity index is 1.49. The third-order valence-electron chi connectivity index (χ3n) is 5.27. The largest absolute Gasteiger partial charge is 0.444 e. The molecule has 1 aliphatic heterocycles. The third-order valence-corrected chi connectivity index (χ3v) is 5.27. The van der Waals surface area contributed by atoms with E-state index in [0.717, 1.165) is 44.3 Å². The van der Waals surface area contributed by atoms with Crippen LogP contribution in [0.25, 0.3) is 0 Å². The highest BCUT2D eigenvalue weighted by molar-refractivity contribution is 5.69. The van der Waals surface area contributed by atoms with Gasteiger partial charge in [-0.2, -0.15) is 0 Å². The highest BCUT2D eigenvalue weighted by atomic mass is 16.6. The lowest BCUT2D eigenvalue weighted by atomic mass is 9.65. The molecule has 1 N–H and O–H groups in total. The molecule has 1 amide bonds. The molecule has 0 bridgehead atoms. The molecule has 5 nitrogen and oxygen atoms in total. The van der Waals surface area contributed by atoms with Crippen molar-refractivity contribution in [1.82, 2.24) is 9.88 Å². The molecular formula is C19H28N2O3. The van der Waals surface area contributed by atoms with Crippen molar-refractivity contribution in [3.63, 3.8) is 0 Å². The molecule has 1 aromatic rings. The minimum atomic E-state index is -0.439. The van der Waals surface area contributed by atoms with Crippen LogP contribution in [0.5, 0.6) is 0 Å². The van der Waals surface area contributed by atoms with E-state index in [1.807, 2.05) is 37.8 Å². The van der Waals surface area contributed by atoms with Gasteiger partial charge in [-0.15, -0.1) is 0 Å². The standard InChI is InChI=1S/C19H28N2O3/c1-18(2,3)24-17(23)21-12-19(13-21)8-6-14(7-9-19)16(22)15-5-4-10-20-11-15/h4-5,10-11,14,16,22H,6-9,12-13H2,1-3H3. The summed E-state index contributed by atoms with van der Waals surface area (Å²) in [5.41, 5.74) is 0.704. The first-order chi connectivity index (χ1) is 11.3. The molecule has 1 unspecified atom stereocenters. The van der Waals surface area contributed by atoms with Crippen LogP contribution in [-0.2, 0) is 4.74 Å². The number of ether oxygens (including phenoxy) is 1. The molecule has 2 fully saturated rings. The molecule has 3 rings (SSSR count). The smallest absolute Gasteiger partial charge is 0.410 e. The molecule has 0 aromatic carbocycles. The fraction of sp³-hybridized carbons (Fsp3) is 0.684. The van der Waals surface area contributed by atoms with Gasteiger partial charge in [0.15, 0.2) is 0 Å². The number of carbonyl (C=O) groups excluding carboxylic acids is 1. The van der Waals surface area contributed by atoms with Gasteiger partial charge in [-0.1, -0.05) is 6.07 Å². The summed E-state index contributed by atoms with van der Waals surface area (Å²) >= 11 is 0. The van der Waals surface area contributed by atoms with E-state index in [0.29, 0.717) is 0 Å². The quantitative estimate of drug-likeness (QED) is 0.900. The summed E-state index contributed by atoms with van der Waals surface area (Å²) < 4.78 is 5.43. The van der Waals surface area contributed by atoms with E-state index in [4.69, 9.17) is 4.74 Å². The molecule has 1 spiro atoms. The van der Waals surface area contributed by atoms with Gasteiger partial charge in [-0.05, 0) is 64.0 Å². The van der Waals surface area contributed by atoms with Crippen molar-refractivity contribution in [3.8, 4) is 0 Å². The normalized spacial score (nSPS) is 22.1. The average Bonchev–Trinajstić information content (AvgIpc) is 2.51. The molecule has 1 aliphatic carbocycles. The number of aliphatic hydroxyl groups excluding tert-OH is 1. The zero-order valence-electron chi connectivity index (χ0n) is 14.9. The number of carbonyl (C=O) groups is 1. The maximum atomic E-state index is 12.1. The second-order valence-electron chi connectivity index (χ2n) is 8.41. The van der Waals surface area contributed by atoms with Crippen molar-refractivity contribution in [2.24, 2.45) is 11.3 Å². The van der Waals surface area contributed by atoms with Crippen LogP contribution in [0.4, 0.5) is 4.79 Å². The van der Waals surface area contributed by atoms with Crippen molar-refractivity contribution in [3.05, 3.63) is 30.1 Å². The Morgan fingerprint density at radius 1 is 1.38 bits per heavy atom. The predicted molar refractivity (Wildman–Crippen MR) is 91.4 cm³/mol. The highest BCUT2D eigenvalue weighted by Gasteiger charge is 2.48. The summed E-state index contributed by atoms with van der Waals surface area (Å²) in [5.74, 6) is 0.287. The Hall–Kier alpha value is -1.62. The van der Waals surface area contributed by atoms with E-state index in [2.05, 4.69) is 4.98 Å². The number of amides is 1. The number of aromatic nitrogens is 1. The van der Waals surface area contributed by atoms with Gasteiger partial charge in [0.1, 0.15) is 5.60 Å². The topological polar surface area (TPSA) is 62.7 Å². The van der Waals surface area contributed by atoms with Crippen LogP contribution in [0.1, 0.15) is 58.1 Å². The number of pyridine rings is 1. The van der Waals surface area contributed by atoms with Crippen molar-refractivity contribution < 1.29 is 14.6 Å². The monoisotopic (exact) mass is 332 g/mol. The van der Waals surface area contributed by atoms with Gasteiger partial charge in [0.2, 0.25) is 0 Å². The Morgan fingerprint density at radius 2 is 2.04 bits per heavy atom. The number of rotatable bonds is 2. The first kappa shape index (κ1) is 17.2. The summed E-state index contributed by atoms with van der Waals surface area (Å²) in [4.78, 5) is 18.0. The number of aliphatic hydroxyl groups is 1. The van der Waals surface area contributed by atoms with Crippen LogP contribution in [0.2, 0.25) is 0 Å². The van der Waals surface area contributed by atoms with Gasteiger partial charge in [0.25, 0.3) is 0 Å². The third kappa shape index (κ3) is 3.72. The molecular weight excluding hydrogens is 304 g/mol. The van der Waals surface area contributed by atoms with E-state index >= 15 is 0 Å². The van der Waals surface area contributed by atoms with Crippen LogP contribution >= 0.6 is 0 Å². The number of nitrogens with zero attached hydrogens (tertiary/aromatic N) is 2. The summed E-state index contributed by atoms with van der Waals surface area (Å²) in [6, 6.07) is 3.81. The van der Waals surface area contributed by atoms with E-state index in [1.54, 1.807) is 12.4 Å². The molecule has 1 aromatic heterocycles. The maximum absolute atomic E-state index is 12.1. The average molecular weight is 332 g/mol. The van der Waals surface area contributed by atoms with Crippen molar-refractivity contribution in [1.29, 1.82) is 0 Å². The van der Waals surface area contributed by atoms with Crippen LogP contribution < -0.4 is 0 Å². The Bertz CT molecular complexity index is 566. The van der Waals surface area contributed by atoms with Crippen molar-refractivity contribution in [2.75, 3.05) is 13.1 Å². The SMILES string of the molecule is CC(C)(C)OC(=O)N1CC2(CCC(C(O)c3cccnc3)CC2)C1. The predicted octanol–water partition coefficient (Wildman–Crippen LogP) is 3.54. The van der Waals surface area contributed by atoms with Gasteiger partial charge in [0.05, 0.1) is 6.10 Å². The summed E-state index contributed by atoms with van der Waals surface area (Å²) in [6.07, 6.45) is 6.97. The molecule has 2 aliphatic rings. The molecule has 5 heteroatoms. The van der Waals surface area contributed by atoms with Crippen molar-refractivity contribution >= 4 is 6.09 Å². The van der Waals surface area contributed by atoms with Crippen LogP contribution in [0.15, 0.2) is 24.5 Å². The zero-order valence-corrected chi connectivity index (χ0v) is 14.9. The lowest BCUT2D eigenvalue weighted by Crippen LogP contribution is -2.60. The molecule has 0 radical (unpaired) electrons. The minimum Gasteiger partial charge on any atom is -0.444 e. The van der Waals surface area contributed by atoms with E-state index in [-0.39, 0.29) is 17.4 Å². The fourth-order valence-electron chi connectivity index (χ4n) is 3.93. The first-order valence-electron chi connectivity index (χ1n) is 8.84. The van der Waals surface area contributed by atoms with Crippen LogP contribution in [-0.4, -0.2) is 39.8 Å². The number of hydrogen-bond donors (Lipinski definition) is 1. The second-order valence-corrected chi connectivity index (χ2v) is 8.41. The molecule has 1 atom stereocenters. The molecule has 1 saturated carbocycles.